The first-order chi connectivity index (χ1) is 14.8. The number of rotatable bonds is 7. The average molecular weight is 424 g/mol. The Bertz CT molecular complexity index is 1390. The Morgan fingerprint density at radius 1 is 1.06 bits per heavy atom. The Morgan fingerprint density at radius 3 is 2.55 bits per heavy atom. The van der Waals surface area contributed by atoms with Gasteiger partial charge in [-0.05, 0) is 39.7 Å². The van der Waals surface area contributed by atoms with E-state index in [0.29, 0.717) is 30.2 Å². The number of imidazole rings is 2. The van der Waals surface area contributed by atoms with Gasteiger partial charge in [0.2, 0.25) is 5.78 Å². The highest BCUT2D eigenvalue weighted by Gasteiger charge is 2.22. The van der Waals surface area contributed by atoms with Crippen molar-refractivity contribution in [3.63, 3.8) is 0 Å². The fraction of sp³-hybridized carbons (Fsp3) is 0.435. The van der Waals surface area contributed by atoms with E-state index in [1.54, 1.807) is 7.05 Å². The van der Waals surface area contributed by atoms with Gasteiger partial charge in [-0.25, -0.2) is 4.79 Å². The molecule has 0 radical (unpaired) electrons. The predicted molar refractivity (Wildman–Crippen MR) is 121 cm³/mol. The standard InChI is InChI=1S/C23H29N5O3/c1-6-31-12-8-11-26-16(3)17(4)28-19-20(24-22(26)28)25(5)23(30)27(21(19)29)14-18-10-7-9-15(2)13-18/h7,9-10,13H,6,8,11-12,14H2,1-5H3. The predicted octanol–water partition coefficient (Wildman–Crippen LogP) is 2.55. The van der Waals surface area contributed by atoms with E-state index in [-0.39, 0.29) is 17.8 Å². The summed E-state index contributed by atoms with van der Waals surface area (Å²) in [5, 5.41) is 0. The normalized spacial score (nSPS) is 11.8. The number of aryl methyl sites for hydroxylation is 4. The minimum atomic E-state index is -0.364. The molecule has 4 aromatic rings. The second kappa shape index (κ2) is 8.19. The smallest absolute Gasteiger partial charge is 0.332 e. The van der Waals surface area contributed by atoms with Gasteiger partial charge in [0.15, 0.2) is 11.2 Å². The van der Waals surface area contributed by atoms with E-state index in [1.807, 2.05) is 56.4 Å². The summed E-state index contributed by atoms with van der Waals surface area (Å²) in [5.41, 5.74) is 4.18. The molecular weight excluding hydrogens is 394 g/mol. The van der Waals surface area contributed by atoms with Crippen LogP contribution >= 0.6 is 0 Å². The highest BCUT2D eigenvalue weighted by molar-refractivity contribution is 5.76. The van der Waals surface area contributed by atoms with Crippen molar-refractivity contribution in [1.29, 1.82) is 0 Å². The summed E-state index contributed by atoms with van der Waals surface area (Å²) in [5.74, 6) is 0.682. The summed E-state index contributed by atoms with van der Waals surface area (Å²) in [6.45, 7) is 10.3. The molecule has 0 aliphatic carbocycles. The third-order valence-corrected chi connectivity index (χ3v) is 5.93. The van der Waals surface area contributed by atoms with Gasteiger partial charge in [-0.1, -0.05) is 29.8 Å². The molecule has 4 rings (SSSR count). The van der Waals surface area contributed by atoms with Crippen LogP contribution in [0.2, 0.25) is 0 Å². The first-order valence-electron chi connectivity index (χ1n) is 10.7. The lowest BCUT2D eigenvalue weighted by Gasteiger charge is -2.09. The average Bonchev–Trinajstić information content (AvgIpc) is 3.24. The molecule has 0 saturated heterocycles. The highest BCUT2D eigenvalue weighted by atomic mass is 16.5. The van der Waals surface area contributed by atoms with Crippen molar-refractivity contribution >= 4 is 16.9 Å². The number of hydrogen-bond acceptors (Lipinski definition) is 4. The number of ether oxygens (including phenoxy) is 1. The van der Waals surface area contributed by atoms with Crippen molar-refractivity contribution in [2.75, 3.05) is 13.2 Å². The first-order valence-corrected chi connectivity index (χ1v) is 10.7. The van der Waals surface area contributed by atoms with E-state index in [0.717, 1.165) is 35.5 Å². The zero-order valence-corrected chi connectivity index (χ0v) is 18.8. The zero-order chi connectivity index (χ0) is 22.3. The molecule has 164 valence electrons. The highest BCUT2D eigenvalue weighted by Crippen LogP contribution is 2.21. The summed E-state index contributed by atoms with van der Waals surface area (Å²) < 4.78 is 12.2. The second-order valence-corrected chi connectivity index (χ2v) is 8.01. The fourth-order valence-electron chi connectivity index (χ4n) is 4.18. The number of fused-ring (bicyclic) bond motifs is 3. The molecule has 8 nitrogen and oxygen atoms in total. The van der Waals surface area contributed by atoms with Gasteiger partial charge in [0.25, 0.3) is 5.56 Å². The molecule has 0 fully saturated rings. The van der Waals surface area contributed by atoms with Crippen LogP contribution in [-0.2, 0) is 24.9 Å². The van der Waals surface area contributed by atoms with Crippen LogP contribution in [-0.4, -0.2) is 36.3 Å². The van der Waals surface area contributed by atoms with E-state index in [1.165, 1.54) is 9.13 Å². The van der Waals surface area contributed by atoms with Gasteiger partial charge in [0, 0.05) is 38.2 Å². The molecule has 1 aromatic carbocycles. The molecule has 0 saturated carbocycles. The maximum atomic E-state index is 13.5. The largest absolute Gasteiger partial charge is 0.382 e. The summed E-state index contributed by atoms with van der Waals surface area (Å²) in [6.07, 6.45) is 0.845. The lowest BCUT2D eigenvalue weighted by molar-refractivity contribution is 0.142. The monoisotopic (exact) mass is 423 g/mol. The minimum Gasteiger partial charge on any atom is -0.382 e. The van der Waals surface area contributed by atoms with Crippen molar-refractivity contribution in [1.82, 2.24) is 23.1 Å². The van der Waals surface area contributed by atoms with E-state index in [4.69, 9.17) is 9.72 Å². The van der Waals surface area contributed by atoms with Gasteiger partial charge in [-0.15, -0.1) is 0 Å². The Morgan fingerprint density at radius 2 is 1.84 bits per heavy atom. The van der Waals surface area contributed by atoms with Gasteiger partial charge in [0.1, 0.15) is 0 Å². The molecule has 0 unspecified atom stereocenters. The third kappa shape index (κ3) is 3.50. The van der Waals surface area contributed by atoms with Crippen LogP contribution < -0.4 is 11.2 Å². The Hall–Kier alpha value is -3.13. The molecule has 0 aliphatic rings. The lowest BCUT2D eigenvalue weighted by atomic mass is 10.1. The van der Waals surface area contributed by atoms with Gasteiger partial charge in [-0.2, -0.15) is 4.98 Å². The number of benzene rings is 1. The molecule has 31 heavy (non-hydrogen) atoms. The Balaban J connectivity index is 1.91. The molecule has 0 amide bonds. The lowest BCUT2D eigenvalue weighted by Crippen LogP contribution is -2.39. The van der Waals surface area contributed by atoms with Crippen LogP contribution in [0, 0.1) is 20.8 Å². The van der Waals surface area contributed by atoms with Crippen LogP contribution in [0.1, 0.15) is 35.9 Å². The van der Waals surface area contributed by atoms with Gasteiger partial charge < -0.3 is 9.30 Å². The third-order valence-electron chi connectivity index (χ3n) is 5.93. The zero-order valence-electron chi connectivity index (χ0n) is 18.8. The van der Waals surface area contributed by atoms with Crippen LogP contribution in [0.15, 0.2) is 33.9 Å². The van der Waals surface area contributed by atoms with Crippen molar-refractivity contribution in [2.45, 2.75) is 47.2 Å². The maximum Gasteiger partial charge on any atom is 0.332 e. The molecular formula is C23H29N5O3. The quantitative estimate of drug-likeness (QED) is 0.428. The number of hydrogen-bond donors (Lipinski definition) is 0. The minimum absolute atomic E-state index is 0.226. The summed E-state index contributed by atoms with van der Waals surface area (Å²) in [6, 6.07) is 7.85. The van der Waals surface area contributed by atoms with E-state index < -0.39 is 0 Å². The van der Waals surface area contributed by atoms with Crippen LogP contribution in [0.25, 0.3) is 16.9 Å². The summed E-state index contributed by atoms with van der Waals surface area (Å²) in [7, 11) is 1.67. The van der Waals surface area contributed by atoms with E-state index >= 15 is 0 Å². The van der Waals surface area contributed by atoms with Crippen molar-refractivity contribution < 1.29 is 4.74 Å². The molecule has 8 heteroatoms. The van der Waals surface area contributed by atoms with E-state index in [9.17, 15) is 9.59 Å². The summed E-state index contributed by atoms with van der Waals surface area (Å²) >= 11 is 0. The topological polar surface area (TPSA) is 75.5 Å². The molecule has 0 N–H and O–H groups in total. The number of nitrogens with zero attached hydrogens (tertiary/aromatic N) is 5. The van der Waals surface area contributed by atoms with Crippen molar-refractivity contribution in [3.8, 4) is 0 Å². The Labute approximate surface area is 180 Å². The van der Waals surface area contributed by atoms with Crippen LogP contribution in [0.5, 0.6) is 0 Å². The SMILES string of the molecule is CCOCCCn1c(C)c(C)n2c3c(=O)n(Cc4cccc(C)c4)c(=O)n(C)c3nc12. The molecule has 3 aromatic heterocycles. The van der Waals surface area contributed by atoms with Gasteiger partial charge in [-0.3, -0.25) is 18.3 Å². The fourth-order valence-corrected chi connectivity index (χ4v) is 4.18. The molecule has 0 atom stereocenters. The Kier molecular flexibility index (Phi) is 5.58. The molecule has 0 aliphatic heterocycles. The first kappa shape index (κ1) is 21.1. The second-order valence-electron chi connectivity index (χ2n) is 8.01. The maximum absolute atomic E-state index is 13.5. The van der Waals surface area contributed by atoms with E-state index in [2.05, 4.69) is 4.57 Å². The molecule has 3 heterocycles. The van der Waals surface area contributed by atoms with Gasteiger partial charge in [0.05, 0.1) is 6.54 Å². The summed E-state index contributed by atoms with van der Waals surface area (Å²) in [4.78, 5) is 31.2. The van der Waals surface area contributed by atoms with Gasteiger partial charge >= 0.3 is 5.69 Å². The van der Waals surface area contributed by atoms with Crippen molar-refractivity contribution in [3.05, 3.63) is 67.6 Å². The van der Waals surface area contributed by atoms with Crippen LogP contribution in [0.3, 0.4) is 0 Å². The van der Waals surface area contributed by atoms with Crippen molar-refractivity contribution in [2.24, 2.45) is 7.05 Å². The molecule has 0 bridgehead atoms. The molecule has 0 spiro atoms. The number of aromatic nitrogens is 5. The van der Waals surface area contributed by atoms with Crippen LogP contribution in [0.4, 0.5) is 0 Å².